The third kappa shape index (κ3) is 5.63. The molecule has 4 aromatic rings. The van der Waals surface area contributed by atoms with Gasteiger partial charge >= 0.3 is 7.55 Å². The van der Waals surface area contributed by atoms with Gasteiger partial charge in [0.25, 0.3) is 0 Å². The van der Waals surface area contributed by atoms with E-state index >= 15 is 0 Å². The van der Waals surface area contributed by atoms with Gasteiger partial charge in [0.1, 0.15) is 11.6 Å². The fraction of sp³-hybridized carbons (Fsp3) is 0. The molecule has 2 radical (unpaired) electrons. The molecule has 30 heavy (non-hydrogen) atoms. The molecule has 0 aliphatic carbocycles. The van der Waals surface area contributed by atoms with Gasteiger partial charge in [0, 0.05) is 51.1 Å². The molecule has 0 unspecified atom stereocenters. The van der Waals surface area contributed by atoms with Crippen LogP contribution < -0.4 is 9.62 Å². The van der Waals surface area contributed by atoms with Gasteiger partial charge in [-0.15, -0.1) is 35.9 Å². The van der Waals surface area contributed by atoms with E-state index in [-0.39, 0.29) is 20.1 Å². The average Bonchev–Trinajstić information content (AvgIpc) is 3.32. The van der Waals surface area contributed by atoms with Crippen molar-refractivity contribution in [2.45, 2.75) is 0 Å². The number of hydrogen-bond acceptors (Lipinski definition) is 5. The zero-order chi connectivity index (χ0) is 19.7. The molecular weight excluding hydrogens is 549 g/mol. The Kier molecular flexibility index (Phi) is 7.89. The molecule has 1 aliphatic rings. The van der Waals surface area contributed by atoms with Crippen LogP contribution in [0.2, 0.25) is 0 Å². The van der Waals surface area contributed by atoms with Gasteiger partial charge < -0.3 is 14.6 Å². The standard InChI is InChI=1S/C12H10BN4.C11H8N.Ir/c1-3-7-14-11(5-1)16-9-10-17(13-16)12-6-2-4-8-15-12;1-2-6-10(7-3-1)11-8-4-5-9-12-11;/h1-10H;1-6,8-9H;/q;-1;. The van der Waals surface area contributed by atoms with E-state index in [2.05, 4.69) is 21.0 Å². The molecule has 1 aromatic carbocycles. The number of nitrogens with zero attached hydrogens (tertiary/aromatic N) is 5. The maximum Gasteiger partial charge on any atom is 0.402 e. The monoisotopic (exact) mass is 568 g/mol. The molecule has 7 heteroatoms. The van der Waals surface area contributed by atoms with E-state index in [4.69, 9.17) is 0 Å². The van der Waals surface area contributed by atoms with Crippen LogP contribution in [0, 0.1) is 6.07 Å². The summed E-state index contributed by atoms with van der Waals surface area (Å²) in [5.74, 6) is 1.78. The smallest absolute Gasteiger partial charge is 0.358 e. The minimum absolute atomic E-state index is 0. The van der Waals surface area contributed by atoms with Crippen LogP contribution in [-0.4, -0.2) is 22.5 Å². The molecule has 5 nitrogen and oxygen atoms in total. The quantitative estimate of drug-likeness (QED) is 0.272. The molecule has 0 amide bonds. The Morgan fingerprint density at radius 2 is 1.20 bits per heavy atom. The number of rotatable bonds is 3. The first kappa shape index (κ1) is 21.4. The zero-order valence-electron chi connectivity index (χ0n) is 16.0. The topological polar surface area (TPSA) is 45.2 Å². The van der Waals surface area contributed by atoms with Crippen LogP contribution in [0.3, 0.4) is 0 Å². The van der Waals surface area contributed by atoms with Crippen molar-refractivity contribution in [2.24, 2.45) is 0 Å². The Morgan fingerprint density at radius 1 is 0.633 bits per heavy atom. The molecule has 0 spiro atoms. The summed E-state index contributed by atoms with van der Waals surface area (Å²) in [5.41, 5.74) is 2.01. The Bertz CT molecular complexity index is 949. The Labute approximate surface area is 190 Å². The summed E-state index contributed by atoms with van der Waals surface area (Å²) in [6.07, 6.45) is 9.26. The molecule has 3 aromatic heterocycles. The fourth-order valence-corrected chi connectivity index (χ4v) is 2.71. The van der Waals surface area contributed by atoms with E-state index in [1.165, 1.54) is 0 Å². The SMILES string of the molecule is [B]1N(c2ccccn2)C=CN1c1ccccn1.[Ir].[c-]1ccccc1-c1ccccn1. The van der Waals surface area contributed by atoms with Crippen molar-refractivity contribution >= 4 is 19.2 Å². The van der Waals surface area contributed by atoms with Crippen molar-refractivity contribution in [2.75, 3.05) is 9.62 Å². The van der Waals surface area contributed by atoms with E-state index in [9.17, 15) is 0 Å². The molecule has 0 saturated heterocycles. The second-order valence-electron chi connectivity index (χ2n) is 6.10. The summed E-state index contributed by atoms with van der Waals surface area (Å²) in [6.45, 7) is 0. The predicted molar refractivity (Wildman–Crippen MR) is 117 cm³/mol. The van der Waals surface area contributed by atoms with E-state index < -0.39 is 0 Å². The molecule has 0 N–H and O–H groups in total. The molecular formula is C23H18BIrN5-. The van der Waals surface area contributed by atoms with E-state index in [0.29, 0.717) is 0 Å². The Balaban J connectivity index is 0.000000175. The van der Waals surface area contributed by atoms with Crippen molar-refractivity contribution in [1.82, 2.24) is 15.0 Å². The summed E-state index contributed by atoms with van der Waals surface area (Å²) in [6, 6.07) is 28.5. The van der Waals surface area contributed by atoms with Crippen molar-refractivity contribution in [3.8, 4) is 11.3 Å². The van der Waals surface area contributed by atoms with Crippen molar-refractivity contribution in [1.29, 1.82) is 0 Å². The van der Waals surface area contributed by atoms with Gasteiger partial charge in [-0.25, -0.2) is 9.97 Å². The van der Waals surface area contributed by atoms with Crippen LogP contribution in [0.15, 0.2) is 110 Å². The van der Waals surface area contributed by atoms with Gasteiger partial charge in [-0.1, -0.05) is 24.3 Å². The van der Waals surface area contributed by atoms with E-state index in [0.717, 1.165) is 22.9 Å². The largest absolute Gasteiger partial charge is 0.402 e. The first-order valence-corrected chi connectivity index (χ1v) is 9.20. The first-order valence-electron chi connectivity index (χ1n) is 9.20. The summed E-state index contributed by atoms with van der Waals surface area (Å²) >= 11 is 0. The zero-order valence-corrected chi connectivity index (χ0v) is 18.4. The summed E-state index contributed by atoms with van der Waals surface area (Å²) in [7, 11) is 1.95. The molecule has 5 rings (SSSR count). The molecule has 0 bridgehead atoms. The van der Waals surface area contributed by atoms with Crippen LogP contribution in [0.5, 0.6) is 0 Å². The van der Waals surface area contributed by atoms with Crippen LogP contribution in [0.4, 0.5) is 11.6 Å². The molecule has 4 heterocycles. The number of pyridine rings is 3. The summed E-state index contributed by atoms with van der Waals surface area (Å²) in [5, 5.41) is 0. The van der Waals surface area contributed by atoms with Crippen molar-refractivity contribution in [3.05, 3.63) is 116 Å². The molecule has 0 saturated carbocycles. The minimum atomic E-state index is 0. The van der Waals surface area contributed by atoms with Crippen LogP contribution in [0.1, 0.15) is 0 Å². The number of anilines is 2. The van der Waals surface area contributed by atoms with Gasteiger partial charge in [0.15, 0.2) is 0 Å². The molecule has 1 aliphatic heterocycles. The van der Waals surface area contributed by atoms with Gasteiger partial charge in [0.2, 0.25) is 0 Å². The normalized spacial score (nSPS) is 11.7. The van der Waals surface area contributed by atoms with Crippen molar-refractivity contribution < 1.29 is 20.1 Å². The Morgan fingerprint density at radius 3 is 1.67 bits per heavy atom. The average molecular weight is 567 g/mol. The van der Waals surface area contributed by atoms with Crippen LogP contribution >= 0.6 is 0 Å². The van der Waals surface area contributed by atoms with Gasteiger partial charge in [0.05, 0.1) is 0 Å². The maximum atomic E-state index is 4.29. The maximum absolute atomic E-state index is 4.29. The Hall–Kier alpha value is -3.28. The van der Waals surface area contributed by atoms with Gasteiger partial charge in [-0.3, -0.25) is 0 Å². The fourth-order valence-electron chi connectivity index (χ4n) is 2.71. The first-order chi connectivity index (χ1) is 14.4. The second kappa shape index (κ2) is 11.0. The van der Waals surface area contributed by atoms with E-state index in [1.807, 2.05) is 108 Å². The number of hydrogen-bond donors (Lipinski definition) is 0. The third-order valence-electron chi connectivity index (χ3n) is 4.11. The predicted octanol–water partition coefficient (Wildman–Crippen LogP) is 4.35. The summed E-state index contributed by atoms with van der Waals surface area (Å²) in [4.78, 5) is 16.7. The molecule has 148 valence electrons. The van der Waals surface area contributed by atoms with Crippen molar-refractivity contribution in [3.63, 3.8) is 0 Å². The van der Waals surface area contributed by atoms with E-state index in [1.54, 1.807) is 18.6 Å². The molecule has 0 atom stereocenters. The van der Waals surface area contributed by atoms with Gasteiger partial charge in [-0.2, -0.15) is 0 Å². The molecule has 0 fully saturated rings. The number of benzene rings is 1. The summed E-state index contributed by atoms with van der Waals surface area (Å²) < 4.78 is 0. The second-order valence-corrected chi connectivity index (χ2v) is 6.10. The third-order valence-corrected chi connectivity index (χ3v) is 4.11. The van der Waals surface area contributed by atoms with Gasteiger partial charge in [-0.05, 0) is 36.0 Å². The minimum Gasteiger partial charge on any atom is -0.358 e. The van der Waals surface area contributed by atoms with Crippen LogP contribution in [-0.2, 0) is 20.1 Å². The van der Waals surface area contributed by atoms with Crippen LogP contribution in [0.25, 0.3) is 11.3 Å². The number of aromatic nitrogens is 3.